The number of benzene rings is 1. The lowest BCUT2D eigenvalue weighted by atomic mass is 9.95. The highest BCUT2D eigenvalue weighted by Gasteiger charge is 2.28. The Morgan fingerprint density at radius 3 is 2.82 bits per heavy atom. The van der Waals surface area contributed by atoms with Crippen molar-refractivity contribution in [1.29, 1.82) is 0 Å². The second-order valence-corrected chi connectivity index (χ2v) is 5.73. The van der Waals surface area contributed by atoms with Crippen LogP contribution >= 0.6 is 11.8 Å². The van der Waals surface area contributed by atoms with Gasteiger partial charge in [-0.3, -0.25) is 0 Å². The number of hydrogen-bond acceptors (Lipinski definition) is 3. The second kappa shape index (κ2) is 5.78. The zero-order chi connectivity index (χ0) is 12.1. The largest absolute Gasteiger partial charge is 0.493 e. The van der Waals surface area contributed by atoms with Crippen LogP contribution in [0.2, 0.25) is 0 Å². The van der Waals surface area contributed by atoms with Crippen LogP contribution in [-0.4, -0.2) is 18.4 Å². The first-order valence-corrected chi connectivity index (χ1v) is 7.50. The summed E-state index contributed by atoms with van der Waals surface area (Å²) in [5.41, 5.74) is 6.33. The Bertz CT molecular complexity index is 361. The lowest BCUT2D eigenvalue weighted by molar-refractivity contribution is 0.258. The smallest absolute Gasteiger partial charge is 0.120 e. The van der Waals surface area contributed by atoms with Crippen molar-refractivity contribution >= 4 is 11.8 Å². The fourth-order valence-electron chi connectivity index (χ4n) is 2.39. The maximum atomic E-state index is 6.30. The Kier molecular flexibility index (Phi) is 4.35. The summed E-state index contributed by atoms with van der Waals surface area (Å²) in [4.78, 5) is 1.24. The van der Waals surface area contributed by atoms with Gasteiger partial charge in [0.05, 0.1) is 6.61 Å². The molecule has 17 heavy (non-hydrogen) atoms. The highest BCUT2D eigenvalue weighted by atomic mass is 32.2. The van der Waals surface area contributed by atoms with Gasteiger partial charge in [-0.05, 0) is 43.7 Å². The molecule has 3 heteroatoms. The minimum atomic E-state index is 0.0388. The van der Waals surface area contributed by atoms with Gasteiger partial charge in [-0.15, -0.1) is 11.8 Å². The van der Waals surface area contributed by atoms with Crippen LogP contribution in [0.15, 0.2) is 29.2 Å². The van der Waals surface area contributed by atoms with E-state index >= 15 is 0 Å². The maximum Gasteiger partial charge on any atom is 0.120 e. The molecule has 1 aliphatic rings. The van der Waals surface area contributed by atoms with E-state index in [2.05, 4.69) is 18.4 Å². The zero-order valence-electron chi connectivity index (χ0n) is 10.4. The van der Waals surface area contributed by atoms with Gasteiger partial charge in [0, 0.05) is 10.4 Å². The first kappa shape index (κ1) is 12.8. The van der Waals surface area contributed by atoms with Gasteiger partial charge in [-0.1, -0.05) is 18.9 Å². The molecule has 2 rings (SSSR count). The Balaban J connectivity index is 1.81. The molecule has 1 fully saturated rings. The van der Waals surface area contributed by atoms with E-state index in [9.17, 15) is 0 Å². The van der Waals surface area contributed by atoms with Crippen LogP contribution in [0, 0.1) is 0 Å². The van der Waals surface area contributed by atoms with Gasteiger partial charge in [0.1, 0.15) is 5.75 Å². The molecule has 1 saturated carbocycles. The molecule has 0 spiro atoms. The number of hydrogen-bond donors (Lipinski definition) is 1. The summed E-state index contributed by atoms with van der Waals surface area (Å²) in [6, 6.07) is 8.23. The van der Waals surface area contributed by atoms with Crippen molar-refractivity contribution in [3.8, 4) is 5.75 Å². The quantitative estimate of drug-likeness (QED) is 0.814. The van der Waals surface area contributed by atoms with Crippen LogP contribution in [0.4, 0.5) is 0 Å². The minimum Gasteiger partial charge on any atom is -0.493 e. The summed E-state index contributed by atoms with van der Waals surface area (Å²) in [5, 5.41) is 0. The third kappa shape index (κ3) is 3.65. The summed E-state index contributed by atoms with van der Waals surface area (Å²) in [7, 11) is 0. The standard InChI is InChI=1S/C14H21NOS/c1-17-13-6-4-5-12(11-13)16-10-9-14(15)7-2-3-8-14/h4-6,11H,2-3,7-10,15H2,1H3. The predicted octanol–water partition coefficient (Wildman–Crippen LogP) is 3.45. The molecule has 1 aliphatic carbocycles. The molecular weight excluding hydrogens is 230 g/mol. The SMILES string of the molecule is CSc1cccc(OCCC2(N)CCCC2)c1. The summed E-state index contributed by atoms with van der Waals surface area (Å²) >= 11 is 1.74. The summed E-state index contributed by atoms with van der Waals surface area (Å²) < 4.78 is 5.78. The van der Waals surface area contributed by atoms with Crippen LogP contribution in [-0.2, 0) is 0 Å². The van der Waals surface area contributed by atoms with Crippen LogP contribution < -0.4 is 10.5 Å². The van der Waals surface area contributed by atoms with Crippen molar-refractivity contribution in [2.45, 2.75) is 42.5 Å². The minimum absolute atomic E-state index is 0.0388. The molecule has 0 radical (unpaired) electrons. The molecule has 0 aromatic heterocycles. The normalized spacial score (nSPS) is 18.2. The lowest BCUT2D eigenvalue weighted by Crippen LogP contribution is -2.37. The average molecular weight is 251 g/mol. The van der Waals surface area contributed by atoms with E-state index in [1.807, 2.05) is 12.1 Å². The Morgan fingerprint density at radius 1 is 1.35 bits per heavy atom. The number of rotatable bonds is 5. The van der Waals surface area contributed by atoms with Crippen LogP contribution in [0.1, 0.15) is 32.1 Å². The number of ether oxygens (including phenoxy) is 1. The summed E-state index contributed by atoms with van der Waals surface area (Å²) in [6.07, 6.45) is 7.91. The lowest BCUT2D eigenvalue weighted by Gasteiger charge is -2.23. The summed E-state index contributed by atoms with van der Waals surface area (Å²) in [5.74, 6) is 0.957. The fraction of sp³-hybridized carbons (Fsp3) is 0.571. The summed E-state index contributed by atoms with van der Waals surface area (Å²) in [6.45, 7) is 0.730. The van der Waals surface area contributed by atoms with E-state index in [1.54, 1.807) is 11.8 Å². The first-order valence-electron chi connectivity index (χ1n) is 6.28. The van der Waals surface area contributed by atoms with Crippen molar-refractivity contribution in [3.05, 3.63) is 24.3 Å². The molecule has 2 nitrogen and oxygen atoms in total. The Labute approximate surface area is 108 Å². The van der Waals surface area contributed by atoms with Gasteiger partial charge in [-0.2, -0.15) is 0 Å². The molecule has 0 aliphatic heterocycles. The van der Waals surface area contributed by atoms with Gasteiger partial charge >= 0.3 is 0 Å². The van der Waals surface area contributed by atoms with Crippen molar-refractivity contribution < 1.29 is 4.74 Å². The topological polar surface area (TPSA) is 35.2 Å². The zero-order valence-corrected chi connectivity index (χ0v) is 11.3. The molecule has 0 unspecified atom stereocenters. The molecule has 94 valence electrons. The predicted molar refractivity (Wildman–Crippen MR) is 73.7 cm³/mol. The van der Waals surface area contributed by atoms with Crippen molar-refractivity contribution in [2.24, 2.45) is 5.73 Å². The Hall–Kier alpha value is -0.670. The van der Waals surface area contributed by atoms with Gasteiger partial charge < -0.3 is 10.5 Å². The van der Waals surface area contributed by atoms with E-state index < -0.39 is 0 Å². The van der Waals surface area contributed by atoms with Crippen LogP contribution in [0.25, 0.3) is 0 Å². The maximum absolute atomic E-state index is 6.30. The molecular formula is C14H21NOS. The van der Waals surface area contributed by atoms with E-state index in [-0.39, 0.29) is 5.54 Å². The Morgan fingerprint density at radius 2 is 2.12 bits per heavy atom. The molecule has 1 aromatic rings. The highest BCUT2D eigenvalue weighted by Crippen LogP contribution is 2.30. The monoisotopic (exact) mass is 251 g/mol. The average Bonchev–Trinajstić information content (AvgIpc) is 2.77. The van der Waals surface area contributed by atoms with Crippen molar-refractivity contribution in [1.82, 2.24) is 0 Å². The molecule has 0 heterocycles. The van der Waals surface area contributed by atoms with E-state index in [0.717, 1.165) is 31.6 Å². The molecule has 0 saturated heterocycles. The van der Waals surface area contributed by atoms with Gasteiger partial charge in [0.15, 0.2) is 0 Å². The molecule has 2 N–H and O–H groups in total. The van der Waals surface area contributed by atoms with Crippen LogP contribution in [0.3, 0.4) is 0 Å². The molecule has 0 amide bonds. The molecule has 0 atom stereocenters. The number of nitrogens with two attached hydrogens (primary N) is 1. The van der Waals surface area contributed by atoms with Crippen molar-refractivity contribution in [2.75, 3.05) is 12.9 Å². The van der Waals surface area contributed by atoms with E-state index in [1.165, 1.54) is 17.7 Å². The van der Waals surface area contributed by atoms with E-state index in [4.69, 9.17) is 10.5 Å². The molecule has 1 aromatic carbocycles. The van der Waals surface area contributed by atoms with Gasteiger partial charge in [0.2, 0.25) is 0 Å². The van der Waals surface area contributed by atoms with Crippen molar-refractivity contribution in [3.63, 3.8) is 0 Å². The van der Waals surface area contributed by atoms with Gasteiger partial charge in [0.25, 0.3) is 0 Å². The van der Waals surface area contributed by atoms with E-state index in [0.29, 0.717) is 0 Å². The van der Waals surface area contributed by atoms with Gasteiger partial charge in [-0.25, -0.2) is 0 Å². The fourth-order valence-corrected chi connectivity index (χ4v) is 2.84. The number of thioether (sulfide) groups is 1. The second-order valence-electron chi connectivity index (χ2n) is 4.85. The van der Waals surface area contributed by atoms with Crippen LogP contribution in [0.5, 0.6) is 5.75 Å². The highest BCUT2D eigenvalue weighted by molar-refractivity contribution is 7.98. The third-order valence-electron chi connectivity index (χ3n) is 3.51. The molecule has 0 bridgehead atoms. The third-order valence-corrected chi connectivity index (χ3v) is 4.23. The first-order chi connectivity index (χ1) is 8.22.